The van der Waals surface area contributed by atoms with E-state index in [-0.39, 0.29) is 36.1 Å². The van der Waals surface area contributed by atoms with Crippen LogP contribution in [0.1, 0.15) is 24.0 Å². The maximum atomic E-state index is 11.6. The van der Waals surface area contributed by atoms with Crippen LogP contribution in [-0.4, -0.2) is 36.9 Å². The Bertz CT molecular complexity index is 504. The van der Waals surface area contributed by atoms with E-state index in [0.717, 1.165) is 12.1 Å². The number of primary amides is 1. The van der Waals surface area contributed by atoms with Crippen LogP contribution < -0.4 is 11.1 Å². The largest absolute Gasteiger partial charge is 0.369 e. The number of rotatable bonds is 4. The van der Waals surface area contributed by atoms with Gasteiger partial charge in [0.25, 0.3) is 0 Å². The summed E-state index contributed by atoms with van der Waals surface area (Å²) in [5, 5.41) is 3.09. The lowest BCUT2D eigenvalue weighted by atomic mass is 9.88. The average molecular weight is 312 g/mol. The molecule has 2 amide bonds. The number of amides is 2. The number of hydrogen-bond donors (Lipinski definition) is 2. The van der Waals surface area contributed by atoms with Gasteiger partial charge in [0.15, 0.2) is 0 Å². The van der Waals surface area contributed by atoms with Gasteiger partial charge in [-0.3, -0.25) is 9.59 Å². The van der Waals surface area contributed by atoms with Crippen molar-refractivity contribution < 1.29 is 9.59 Å². The van der Waals surface area contributed by atoms with Gasteiger partial charge in [-0.1, -0.05) is 24.3 Å². The van der Waals surface area contributed by atoms with Gasteiger partial charge in [-0.2, -0.15) is 0 Å². The Kier molecular flexibility index (Phi) is 6.18. The van der Waals surface area contributed by atoms with Gasteiger partial charge in [-0.25, -0.2) is 0 Å². The molecule has 6 heteroatoms. The summed E-state index contributed by atoms with van der Waals surface area (Å²) in [5.74, 6) is -0.641. The highest BCUT2D eigenvalue weighted by Gasteiger charge is 2.38. The van der Waals surface area contributed by atoms with E-state index in [0.29, 0.717) is 13.1 Å². The Hall–Kier alpha value is -1.59. The third kappa shape index (κ3) is 3.95. The summed E-state index contributed by atoms with van der Waals surface area (Å²) in [6, 6.07) is 8.13. The van der Waals surface area contributed by atoms with Gasteiger partial charge in [0.1, 0.15) is 0 Å². The highest BCUT2D eigenvalue weighted by molar-refractivity contribution is 5.85. The summed E-state index contributed by atoms with van der Waals surface area (Å²) in [6.45, 7) is 3.32. The smallest absolute Gasteiger partial charge is 0.223 e. The minimum atomic E-state index is -0.335. The van der Waals surface area contributed by atoms with Crippen molar-refractivity contribution in [2.45, 2.75) is 19.4 Å². The second-order valence-electron chi connectivity index (χ2n) is 5.31. The number of halogens is 1. The van der Waals surface area contributed by atoms with Crippen molar-refractivity contribution in [3.63, 3.8) is 0 Å². The fourth-order valence-corrected chi connectivity index (χ4v) is 2.77. The van der Waals surface area contributed by atoms with E-state index in [1.807, 2.05) is 31.3 Å². The van der Waals surface area contributed by atoms with Crippen LogP contribution in [0.2, 0.25) is 0 Å². The van der Waals surface area contributed by atoms with Gasteiger partial charge in [-0.05, 0) is 18.2 Å². The second kappa shape index (κ2) is 7.43. The molecule has 0 spiro atoms. The molecule has 1 fully saturated rings. The molecule has 2 rings (SSSR count). The van der Waals surface area contributed by atoms with E-state index in [1.165, 1.54) is 12.5 Å². The summed E-state index contributed by atoms with van der Waals surface area (Å²) in [4.78, 5) is 24.8. The minimum Gasteiger partial charge on any atom is -0.369 e. The molecule has 0 aromatic heterocycles. The number of nitrogens with two attached hydrogens (primary N) is 1. The first-order chi connectivity index (χ1) is 9.52. The van der Waals surface area contributed by atoms with Gasteiger partial charge in [0.05, 0.1) is 5.92 Å². The summed E-state index contributed by atoms with van der Waals surface area (Å²) in [6.07, 6.45) is 0. The molecule has 1 aromatic carbocycles. The third-order valence-electron chi connectivity index (χ3n) is 3.92. The fourth-order valence-electron chi connectivity index (χ4n) is 2.77. The maximum Gasteiger partial charge on any atom is 0.223 e. The normalized spacial score (nSPS) is 21.0. The van der Waals surface area contributed by atoms with Crippen molar-refractivity contribution in [2.24, 2.45) is 11.7 Å². The maximum absolute atomic E-state index is 11.6. The highest BCUT2D eigenvalue weighted by atomic mass is 35.5. The lowest BCUT2D eigenvalue weighted by Crippen LogP contribution is -2.30. The zero-order chi connectivity index (χ0) is 14.7. The van der Waals surface area contributed by atoms with Gasteiger partial charge in [-0.15, -0.1) is 12.4 Å². The van der Waals surface area contributed by atoms with Crippen molar-refractivity contribution in [3.05, 3.63) is 35.4 Å². The molecule has 21 heavy (non-hydrogen) atoms. The van der Waals surface area contributed by atoms with Crippen LogP contribution in [0, 0.1) is 5.92 Å². The lowest BCUT2D eigenvalue weighted by Gasteiger charge is -2.16. The monoisotopic (exact) mass is 311 g/mol. The Morgan fingerprint density at radius 1 is 1.29 bits per heavy atom. The predicted molar refractivity (Wildman–Crippen MR) is 84.1 cm³/mol. The first-order valence-corrected chi connectivity index (χ1v) is 6.81. The lowest BCUT2D eigenvalue weighted by molar-refractivity contribution is -0.128. The van der Waals surface area contributed by atoms with E-state index in [9.17, 15) is 9.59 Å². The SMILES string of the molecule is CNCc1ccc([C@@H]2CN(C(C)=O)C[C@H]2C(N)=O)cc1.Cl. The first kappa shape index (κ1) is 17.5. The highest BCUT2D eigenvalue weighted by Crippen LogP contribution is 2.32. The molecule has 0 bridgehead atoms. The van der Waals surface area contributed by atoms with E-state index >= 15 is 0 Å². The number of benzene rings is 1. The Morgan fingerprint density at radius 2 is 1.90 bits per heavy atom. The molecule has 5 nitrogen and oxygen atoms in total. The molecule has 0 aliphatic carbocycles. The van der Waals surface area contributed by atoms with Crippen LogP contribution >= 0.6 is 12.4 Å². The number of nitrogens with one attached hydrogen (secondary N) is 1. The summed E-state index contributed by atoms with van der Waals surface area (Å²) < 4.78 is 0. The summed E-state index contributed by atoms with van der Waals surface area (Å²) in [7, 11) is 1.90. The molecule has 1 saturated heterocycles. The number of likely N-dealkylation sites (tertiary alicyclic amines) is 1. The number of nitrogens with zero attached hydrogens (tertiary/aromatic N) is 1. The standard InChI is InChI=1S/C15H21N3O2.ClH/c1-10(19)18-8-13(14(9-18)15(16)20)12-5-3-11(4-6-12)7-17-2;/h3-6,13-14,17H,7-9H2,1-2H3,(H2,16,20);1H/t13-,14+;/m0./s1. The first-order valence-electron chi connectivity index (χ1n) is 6.81. The van der Waals surface area contributed by atoms with Crippen molar-refractivity contribution in [3.8, 4) is 0 Å². The molecule has 0 unspecified atom stereocenters. The quantitative estimate of drug-likeness (QED) is 0.866. The molecule has 116 valence electrons. The zero-order valence-electron chi connectivity index (χ0n) is 12.3. The molecular formula is C15H22ClN3O2. The molecule has 1 aromatic rings. The van der Waals surface area contributed by atoms with Crippen LogP contribution in [0.4, 0.5) is 0 Å². The van der Waals surface area contributed by atoms with Crippen molar-refractivity contribution >= 4 is 24.2 Å². The number of carbonyl (C=O) groups is 2. The molecule has 1 heterocycles. The Balaban J connectivity index is 0.00000220. The van der Waals surface area contributed by atoms with Crippen LogP contribution in [0.3, 0.4) is 0 Å². The fraction of sp³-hybridized carbons (Fsp3) is 0.467. The van der Waals surface area contributed by atoms with Crippen molar-refractivity contribution in [1.82, 2.24) is 10.2 Å². The topological polar surface area (TPSA) is 75.4 Å². The molecule has 0 saturated carbocycles. The van der Waals surface area contributed by atoms with Gasteiger partial charge < -0.3 is 16.0 Å². The third-order valence-corrected chi connectivity index (χ3v) is 3.92. The summed E-state index contributed by atoms with van der Waals surface area (Å²) in [5.41, 5.74) is 7.73. The van der Waals surface area contributed by atoms with Crippen molar-refractivity contribution in [2.75, 3.05) is 20.1 Å². The average Bonchev–Trinajstić information content (AvgIpc) is 2.85. The minimum absolute atomic E-state index is 0. The Labute approximate surface area is 131 Å². The number of hydrogen-bond acceptors (Lipinski definition) is 3. The summed E-state index contributed by atoms with van der Waals surface area (Å²) >= 11 is 0. The molecule has 2 atom stereocenters. The van der Waals surface area contributed by atoms with Crippen LogP contribution in [0.5, 0.6) is 0 Å². The van der Waals surface area contributed by atoms with Gasteiger partial charge in [0.2, 0.25) is 11.8 Å². The van der Waals surface area contributed by atoms with Crippen molar-refractivity contribution in [1.29, 1.82) is 0 Å². The van der Waals surface area contributed by atoms with Gasteiger partial charge >= 0.3 is 0 Å². The number of carbonyl (C=O) groups excluding carboxylic acids is 2. The molecule has 1 aliphatic heterocycles. The second-order valence-corrected chi connectivity index (χ2v) is 5.31. The van der Waals surface area contributed by atoms with Crippen LogP contribution in [-0.2, 0) is 16.1 Å². The Morgan fingerprint density at radius 3 is 2.38 bits per heavy atom. The zero-order valence-corrected chi connectivity index (χ0v) is 13.2. The van der Waals surface area contributed by atoms with Crippen LogP contribution in [0.15, 0.2) is 24.3 Å². The van der Waals surface area contributed by atoms with Gasteiger partial charge in [0, 0.05) is 32.5 Å². The van der Waals surface area contributed by atoms with E-state index in [1.54, 1.807) is 4.90 Å². The molecule has 0 radical (unpaired) electrons. The van der Waals surface area contributed by atoms with Crippen LogP contribution in [0.25, 0.3) is 0 Å². The molecular weight excluding hydrogens is 290 g/mol. The van der Waals surface area contributed by atoms with E-state index in [2.05, 4.69) is 5.32 Å². The van der Waals surface area contributed by atoms with E-state index in [4.69, 9.17) is 5.73 Å². The molecule has 3 N–H and O–H groups in total. The predicted octanol–water partition coefficient (Wildman–Crippen LogP) is 0.875. The van der Waals surface area contributed by atoms with E-state index < -0.39 is 0 Å². The molecule has 1 aliphatic rings.